The maximum absolute atomic E-state index is 13.6. The van der Waals surface area contributed by atoms with E-state index in [1.54, 1.807) is 13.0 Å². The Kier molecular flexibility index (Phi) is 2.51. The molecule has 0 fully saturated rings. The molecule has 0 radical (unpaired) electrons. The summed E-state index contributed by atoms with van der Waals surface area (Å²) >= 11 is 0. The fourth-order valence-corrected chi connectivity index (χ4v) is 2.32. The molecule has 1 aromatic carbocycles. The summed E-state index contributed by atoms with van der Waals surface area (Å²) in [6.07, 6.45) is 2.95. The Hall–Kier alpha value is -1.97. The highest BCUT2D eigenvalue weighted by molar-refractivity contribution is 5.60. The van der Waals surface area contributed by atoms with Crippen LogP contribution < -0.4 is 5.73 Å². The maximum Gasteiger partial charge on any atom is 0.161 e. The van der Waals surface area contributed by atoms with Gasteiger partial charge in [-0.3, -0.25) is 0 Å². The van der Waals surface area contributed by atoms with Crippen LogP contribution in [-0.2, 0) is 12.8 Å². The van der Waals surface area contributed by atoms with E-state index in [0.717, 1.165) is 30.5 Å². The Morgan fingerprint density at radius 3 is 2.83 bits per heavy atom. The van der Waals surface area contributed by atoms with Crippen molar-refractivity contribution in [3.05, 3.63) is 40.8 Å². The van der Waals surface area contributed by atoms with E-state index in [0.29, 0.717) is 22.8 Å². The average Bonchev–Trinajstić information content (AvgIpc) is 2.81. The van der Waals surface area contributed by atoms with Gasteiger partial charge in [-0.05, 0) is 37.8 Å². The van der Waals surface area contributed by atoms with Gasteiger partial charge >= 0.3 is 0 Å². The van der Waals surface area contributed by atoms with Crippen LogP contribution in [0, 0.1) is 12.7 Å². The van der Waals surface area contributed by atoms with E-state index in [-0.39, 0.29) is 5.82 Å². The molecule has 0 spiro atoms. The molecule has 2 aromatic rings. The van der Waals surface area contributed by atoms with E-state index in [1.807, 2.05) is 6.07 Å². The molecule has 0 atom stereocenters. The summed E-state index contributed by atoms with van der Waals surface area (Å²) in [7, 11) is 0. The van der Waals surface area contributed by atoms with Gasteiger partial charge in [-0.25, -0.2) is 14.4 Å². The molecule has 0 amide bonds. The Morgan fingerprint density at radius 2 is 2.06 bits per heavy atom. The van der Waals surface area contributed by atoms with Gasteiger partial charge in [0.2, 0.25) is 0 Å². The van der Waals surface area contributed by atoms with Crippen LogP contribution in [0.5, 0.6) is 0 Å². The number of nitrogen functional groups attached to an aromatic ring is 1. The fraction of sp³-hybridized carbons (Fsp3) is 0.286. The predicted octanol–water partition coefficient (Wildman–Crippen LogP) is 2.66. The molecule has 2 N–H and O–H groups in total. The number of fused-ring (bicyclic) bond motifs is 1. The second-order valence-corrected chi connectivity index (χ2v) is 4.68. The second kappa shape index (κ2) is 4.05. The van der Waals surface area contributed by atoms with Gasteiger partial charge < -0.3 is 5.73 Å². The van der Waals surface area contributed by atoms with Crippen LogP contribution in [0.2, 0.25) is 0 Å². The zero-order chi connectivity index (χ0) is 12.7. The van der Waals surface area contributed by atoms with Gasteiger partial charge in [0, 0.05) is 16.8 Å². The van der Waals surface area contributed by atoms with Crippen LogP contribution in [0.25, 0.3) is 11.4 Å². The largest absolute Gasteiger partial charge is 0.383 e. The van der Waals surface area contributed by atoms with Gasteiger partial charge in [0.25, 0.3) is 0 Å². The number of aryl methyl sites for hydroxylation is 2. The standard InChI is InChI=1S/C14H14FN3/c1-8-5-6-9(7-11(8)15)14-17-12-4-2-3-10(12)13(16)18-14/h5-7H,2-4H2,1H3,(H2,16,17,18). The zero-order valence-corrected chi connectivity index (χ0v) is 10.2. The summed E-state index contributed by atoms with van der Waals surface area (Å²) in [6, 6.07) is 5.03. The highest BCUT2D eigenvalue weighted by Crippen LogP contribution is 2.27. The lowest BCUT2D eigenvalue weighted by atomic mass is 10.1. The second-order valence-electron chi connectivity index (χ2n) is 4.68. The number of nitrogens with two attached hydrogens (primary N) is 1. The van der Waals surface area contributed by atoms with E-state index < -0.39 is 0 Å². The summed E-state index contributed by atoms with van der Waals surface area (Å²) < 4.78 is 13.6. The maximum atomic E-state index is 13.6. The minimum Gasteiger partial charge on any atom is -0.383 e. The van der Waals surface area contributed by atoms with Crippen LogP contribution >= 0.6 is 0 Å². The van der Waals surface area contributed by atoms with Gasteiger partial charge in [0.05, 0.1) is 0 Å². The summed E-state index contributed by atoms with van der Waals surface area (Å²) in [5.41, 5.74) is 9.31. The van der Waals surface area contributed by atoms with E-state index in [4.69, 9.17) is 5.73 Å². The van der Waals surface area contributed by atoms with Crippen molar-refractivity contribution in [2.45, 2.75) is 26.2 Å². The van der Waals surface area contributed by atoms with Crippen molar-refractivity contribution in [1.29, 1.82) is 0 Å². The molecule has 0 saturated heterocycles. The van der Waals surface area contributed by atoms with Gasteiger partial charge in [-0.15, -0.1) is 0 Å². The number of aromatic nitrogens is 2. The van der Waals surface area contributed by atoms with Gasteiger partial charge in [0.1, 0.15) is 11.6 Å². The zero-order valence-electron chi connectivity index (χ0n) is 10.2. The van der Waals surface area contributed by atoms with Crippen LogP contribution in [-0.4, -0.2) is 9.97 Å². The molecule has 0 bridgehead atoms. The lowest BCUT2D eigenvalue weighted by molar-refractivity contribution is 0.619. The first-order valence-electron chi connectivity index (χ1n) is 6.07. The molecule has 1 heterocycles. The van der Waals surface area contributed by atoms with Crippen molar-refractivity contribution in [2.24, 2.45) is 0 Å². The first kappa shape index (κ1) is 11.1. The summed E-state index contributed by atoms with van der Waals surface area (Å²) in [5, 5.41) is 0. The molecule has 0 saturated carbocycles. The third-order valence-corrected chi connectivity index (χ3v) is 3.40. The molecular weight excluding hydrogens is 229 g/mol. The number of hydrogen-bond donors (Lipinski definition) is 1. The van der Waals surface area contributed by atoms with Crippen molar-refractivity contribution in [3.8, 4) is 11.4 Å². The van der Waals surface area contributed by atoms with Crippen LogP contribution in [0.15, 0.2) is 18.2 Å². The fourth-order valence-electron chi connectivity index (χ4n) is 2.32. The van der Waals surface area contributed by atoms with Crippen molar-refractivity contribution in [3.63, 3.8) is 0 Å². The molecule has 0 unspecified atom stereocenters. The van der Waals surface area contributed by atoms with Crippen LogP contribution in [0.1, 0.15) is 23.2 Å². The van der Waals surface area contributed by atoms with E-state index in [9.17, 15) is 4.39 Å². The molecular formula is C14H14FN3. The molecule has 1 aliphatic rings. The molecule has 1 aliphatic carbocycles. The smallest absolute Gasteiger partial charge is 0.161 e. The number of nitrogens with zero attached hydrogens (tertiary/aromatic N) is 2. The summed E-state index contributed by atoms with van der Waals surface area (Å²) in [5.74, 6) is 0.815. The Labute approximate surface area is 105 Å². The molecule has 4 heteroatoms. The first-order chi connectivity index (χ1) is 8.65. The summed E-state index contributed by atoms with van der Waals surface area (Å²) in [4.78, 5) is 8.78. The SMILES string of the molecule is Cc1ccc(-c2nc(N)c3c(n2)CCC3)cc1F. The van der Waals surface area contributed by atoms with Gasteiger partial charge in [-0.2, -0.15) is 0 Å². The lowest BCUT2D eigenvalue weighted by Gasteiger charge is -2.07. The Balaban J connectivity index is 2.12. The van der Waals surface area contributed by atoms with Crippen LogP contribution in [0.4, 0.5) is 10.2 Å². The predicted molar refractivity (Wildman–Crippen MR) is 68.6 cm³/mol. The van der Waals surface area contributed by atoms with Crippen molar-refractivity contribution in [2.75, 3.05) is 5.73 Å². The Bertz CT molecular complexity index is 623. The molecule has 92 valence electrons. The molecule has 1 aromatic heterocycles. The monoisotopic (exact) mass is 243 g/mol. The lowest BCUT2D eigenvalue weighted by Crippen LogP contribution is -2.03. The third kappa shape index (κ3) is 1.74. The minimum atomic E-state index is -0.241. The highest BCUT2D eigenvalue weighted by atomic mass is 19.1. The van der Waals surface area contributed by atoms with E-state index in [1.165, 1.54) is 6.07 Å². The number of halogens is 1. The minimum absolute atomic E-state index is 0.241. The van der Waals surface area contributed by atoms with E-state index >= 15 is 0 Å². The van der Waals surface area contributed by atoms with Crippen molar-refractivity contribution in [1.82, 2.24) is 9.97 Å². The molecule has 3 rings (SSSR count). The van der Waals surface area contributed by atoms with Gasteiger partial charge in [0.15, 0.2) is 5.82 Å². The quantitative estimate of drug-likeness (QED) is 0.837. The number of rotatable bonds is 1. The Morgan fingerprint density at radius 1 is 1.22 bits per heavy atom. The van der Waals surface area contributed by atoms with Crippen molar-refractivity contribution < 1.29 is 4.39 Å². The number of benzene rings is 1. The van der Waals surface area contributed by atoms with Gasteiger partial charge in [-0.1, -0.05) is 12.1 Å². The van der Waals surface area contributed by atoms with Crippen molar-refractivity contribution >= 4 is 5.82 Å². The highest BCUT2D eigenvalue weighted by Gasteiger charge is 2.18. The normalized spacial score (nSPS) is 13.7. The molecule has 0 aliphatic heterocycles. The number of hydrogen-bond acceptors (Lipinski definition) is 3. The topological polar surface area (TPSA) is 51.8 Å². The van der Waals surface area contributed by atoms with Crippen LogP contribution in [0.3, 0.4) is 0 Å². The van der Waals surface area contributed by atoms with E-state index in [2.05, 4.69) is 9.97 Å². The molecule has 3 nitrogen and oxygen atoms in total. The first-order valence-corrected chi connectivity index (χ1v) is 6.07. The third-order valence-electron chi connectivity index (χ3n) is 3.40. The number of anilines is 1. The summed E-state index contributed by atoms with van der Waals surface area (Å²) in [6.45, 7) is 1.73. The molecule has 18 heavy (non-hydrogen) atoms. The average molecular weight is 243 g/mol.